The molecule has 0 aromatic rings. The molecule has 3 unspecified atom stereocenters. The molecule has 0 saturated carbocycles. The molecule has 126 valence electrons. The number of aliphatic hydroxyl groups is 1. The van der Waals surface area contributed by atoms with Crippen LogP contribution in [0.25, 0.3) is 0 Å². The van der Waals surface area contributed by atoms with Gasteiger partial charge in [0.15, 0.2) is 6.10 Å². The van der Waals surface area contributed by atoms with Crippen LogP contribution in [-0.4, -0.2) is 60.6 Å². The van der Waals surface area contributed by atoms with Crippen LogP contribution in [0.4, 0.5) is 0 Å². The summed E-state index contributed by atoms with van der Waals surface area (Å²) >= 11 is 0. The molecule has 1 N–H and O–H groups in total. The standard InChI is InChI=1S/C14H22O8/c1-7-11(5-19-8(2)15)22-12(6-20-9(3)16)14(13(7)18)21-10(4)17/h7,11-14,18H,5-6H2,1-4H3/t7-,11?,12+,13?,14?/m1/s1. The summed E-state index contributed by atoms with van der Waals surface area (Å²) in [5.41, 5.74) is 0. The van der Waals surface area contributed by atoms with Gasteiger partial charge in [0.1, 0.15) is 19.3 Å². The van der Waals surface area contributed by atoms with Gasteiger partial charge in [-0.15, -0.1) is 0 Å². The molecular weight excluding hydrogens is 296 g/mol. The average molecular weight is 318 g/mol. The first-order chi connectivity index (χ1) is 10.2. The Balaban J connectivity index is 2.81. The average Bonchev–Trinajstić information content (AvgIpc) is 2.41. The van der Waals surface area contributed by atoms with Crippen LogP contribution >= 0.6 is 0 Å². The molecule has 0 aromatic heterocycles. The minimum Gasteiger partial charge on any atom is -0.463 e. The van der Waals surface area contributed by atoms with Gasteiger partial charge in [0, 0.05) is 26.7 Å². The van der Waals surface area contributed by atoms with Crippen molar-refractivity contribution >= 4 is 17.9 Å². The number of esters is 3. The maximum Gasteiger partial charge on any atom is 0.303 e. The van der Waals surface area contributed by atoms with Crippen LogP contribution in [0, 0.1) is 5.92 Å². The third kappa shape index (κ3) is 5.27. The molecule has 22 heavy (non-hydrogen) atoms. The van der Waals surface area contributed by atoms with Crippen LogP contribution in [0.5, 0.6) is 0 Å². The Morgan fingerprint density at radius 2 is 1.45 bits per heavy atom. The van der Waals surface area contributed by atoms with Gasteiger partial charge in [-0.05, 0) is 0 Å². The highest BCUT2D eigenvalue weighted by molar-refractivity contribution is 5.67. The van der Waals surface area contributed by atoms with Gasteiger partial charge in [-0.1, -0.05) is 6.92 Å². The fraction of sp³-hybridized carbons (Fsp3) is 0.786. The number of hydrogen-bond acceptors (Lipinski definition) is 8. The topological polar surface area (TPSA) is 108 Å². The molecule has 5 atom stereocenters. The largest absolute Gasteiger partial charge is 0.463 e. The maximum absolute atomic E-state index is 11.2. The number of carbonyl (C=O) groups is 3. The first-order valence-electron chi connectivity index (χ1n) is 6.99. The van der Waals surface area contributed by atoms with E-state index in [1.54, 1.807) is 6.92 Å². The lowest BCUT2D eigenvalue weighted by atomic mass is 9.88. The quantitative estimate of drug-likeness (QED) is 0.549. The van der Waals surface area contributed by atoms with E-state index in [0.717, 1.165) is 0 Å². The Morgan fingerprint density at radius 3 is 1.91 bits per heavy atom. The van der Waals surface area contributed by atoms with Crippen molar-refractivity contribution in [2.45, 2.75) is 52.1 Å². The Bertz CT molecular complexity index is 419. The lowest BCUT2D eigenvalue weighted by Crippen LogP contribution is -2.57. The van der Waals surface area contributed by atoms with Crippen molar-refractivity contribution in [3.8, 4) is 0 Å². The minimum atomic E-state index is -1.03. The molecule has 8 nitrogen and oxygen atoms in total. The van der Waals surface area contributed by atoms with Crippen molar-refractivity contribution in [1.82, 2.24) is 0 Å². The summed E-state index contributed by atoms with van der Waals surface area (Å²) in [5.74, 6) is -2.00. The zero-order valence-electron chi connectivity index (χ0n) is 13.1. The lowest BCUT2D eigenvalue weighted by Gasteiger charge is -2.42. The molecular formula is C14H22O8. The summed E-state index contributed by atoms with van der Waals surface area (Å²) in [4.78, 5) is 33.0. The zero-order chi connectivity index (χ0) is 16.9. The molecule has 1 heterocycles. The molecule has 1 rings (SSSR count). The first kappa shape index (κ1) is 18.4. The van der Waals surface area contributed by atoms with Crippen molar-refractivity contribution in [1.29, 1.82) is 0 Å². The Kier molecular flexibility index (Phi) is 6.76. The second-order valence-electron chi connectivity index (χ2n) is 5.24. The predicted octanol–water partition coefficient (Wildman–Crippen LogP) is -0.191. The molecule has 0 aromatic carbocycles. The van der Waals surface area contributed by atoms with Crippen LogP contribution < -0.4 is 0 Å². The van der Waals surface area contributed by atoms with E-state index in [2.05, 4.69) is 0 Å². The second-order valence-corrected chi connectivity index (χ2v) is 5.24. The van der Waals surface area contributed by atoms with Gasteiger partial charge in [-0.25, -0.2) is 0 Å². The van der Waals surface area contributed by atoms with Crippen molar-refractivity contribution in [3.63, 3.8) is 0 Å². The molecule has 0 amide bonds. The summed E-state index contributed by atoms with van der Waals surface area (Å²) in [5, 5.41) is 10.3. The first-order valence-corrected chi connectivity index (χ1v) is 6.99. The van der Waals surface area contributed by atoms with Crippen LogP contribution in [0.2, 0.25) is 0 Å². The van der Waals surface area contributed by atoms with Crippen molar-refractivity contribution in [2.75, 3.05) is 13.2 Å². The fourth-order valence-electron chi connectivity index (χ4n) is 2.23. The molecule has 0 spiro atoms. The van der Waals surface area contributed by atoms with E-state index in [-0.39, 0.29) is 13.2 Å². The normalized spacial score (nSPS) is 31.2. The number of carbonyl (C=O) groups excluding carboxylic acids is 3. The van der Waals surface area contributed by atoms with E-state index >= 15 is 0 Å². The van der Waals surface area contributed by atoms with Crippen LogP contribution in [-0.2, 0) is 33.3 Å². The van der Waals surface area contributed by atoms with Crippen molar-refractivity contribution in [2.24, 2.45) is 5.92 Å². The second kappa shape index (κ2) is 8.09. The summed E-state index contributed by atoms with van der Waals surface area (Å²) in [6.07, 6.45) is -3.41. The van der Waals surface area contributed by atoms with E-state index in [1.165, 1.54) is 20.8 Å². The molecule has 1 saturated heterocycles. The van der Waals surface area contributed by atoms with Crippen molar-refractivity contribution < 1.29 is 38.4 Å². The van der Waals surface area contributed by atoms with Gasteiger partial charge in [0.25, 0.3) is 0 Å². The summed E-state index contributed by atoms with van der Waals surface area (Å²) in [6, 6.07) is 0. The van der Waals surface area contributed by atoms with Gasteiger partial charge in [0.05, 0.1) is 12.2 Å². The smallest absolute Gasteiger partial charge is 0.303 e. The zero-order valence-corrected chi connectivity index (χ0v) is 13.1. The molecule has 0 radical (unpaired) electrons. The number of rotatable bonds is 5. The highest BCUT2D eigenvalue weighted by atomic mass is 16.6. The highest BCUT2D eigenvalue weighted by Crippen LogP contribution is 2.28. The number of aliphatic hydroxyl groups excluding tert-OH is 1. The van der Waals surface area contributed by atoms with Crippen LogP contribution in [0.3, 0.4) is 0 Å². The highest BCUT2D eigenvalue weighted by Gasteiger charge is 2.45. The third-order valence-corrected chi connectivity index (χ3v) is 3.38. The molecule has 1 fully saturated rings. The number of hydrogen-bond donors (Lipinski definition) is 1. The van der Waals surface area contributed by atoms with Gasteiger partial charge in [0.2, 0.25) is 0 Å². The Labute approximate surface area is 128 Å². The molecule has 1 aliphatic heterocycles. The van der Waals surface area contributed by atoms with E-state index in [1.807, 2.05) is 0 Å². The van der Waals surface area contributed by atoms with E-state index in [9.17, 15) is 19.5 Å². The molecule has 0 bridgehead atoms. The van der Waals surface area contributed by atoms with E-state index in [4.69, 9.17) is 18.9 Å². The van der Waals surface area contributed by atoms with Gasteiger partial charge in [-0.2, -0.15) is 0 Å². The summed E-state index contributed by atoms with van der Waals surface area (Å²) in [7, 11) is 0. The minimum absolute atomic E-state index is 0.0447. The van der Waals surface area contributed by atoms with Crippen LogP contribution in [0.15, 0.2) is 0 Å². The molecule has 1 aliphatic rings. The third-order valence-electron chi connectivity index (χ3n) is 3.38. The summed E-state index contributed by atoms with van der Waals surface area (Å²) in [6.45, 7) is 5.19. The Hall–Kier alpha value is -1.67. The molecule has 0 aliphatic carbocycles. The maximum atomic E-state index is 11.2. The van der Waals surface area contributed by atoms with Gasteiger partial charge in [-0.3, -0.25) is 14.4 Å². The van der Waals surface area contributed by atoms with Crippen LogP contribution in [0.1, 0.15) is 27.7 Å². The Morgan fingerprint density at radius 1 is 0.955 bits per heavy atom. The van der Waals surface area contributed by atoms with Gasteiger partial charge < -0.3 is 24.1 Å². The summed E-state index contributed by atoms with van der Waals surface area (Å²) < 4.78 is 20.5. The van der Waals surface area contributed by atoms with E-state index in [0.29, 0.717) is 0 Å². The lowest BCUT2D eigenvalue weighted by molar-refractivity contribution is -0.229. The van der Waals surface area contributed by atoms with Crippen molar-refractivity contribution in [3.05, 3.63) is 0 Å². The number of ether oxygens (including phenoxy) is 4. The predicted molar refractivity (Wildman–Crippen MR) is 72.7 cm³/mol. The van der Waals surface area contributed by atoms with Gasteiger partial charge >= 0.3 is 17.9 Å². The molecule has 8 heteroatoms. The SMILES string of the molecule is CC(=O)OCC1O[C@@H](COC(C)=O)C(OC(C)=O)C(O)[C@@H]1C. The monoisotopic (exact) mass is 318 g/mol. The van der Waals surface area contributed by atoms with E-state index < -0.39 is 48.2 Å². The fourth-order valence-corrected chi connectivity index (χ4v) is 2.23.